The number of aliphatic carboxylic acids is 1. The lowest BCUT2D eigenvalue weighted by Crippen LogP contribution is -2.30. The first kappa shape index (κ1) is 17.5. The standard InChI is InChI=1S/C17H22ClN3O2/c1-4-9-20(11-17(22)23)10-16-12(2)19-21(13(16)3)15-7-5-14(18)6-8-15/h5-8H,4,9-11H2,1-3H3,(H,22,23). The molecule has 5 nitrogen and oxygen atoms in total. The van der Waals surface area contributed by atoms with E-state index in [1.54, 1.807) is 0 Å². The van der Waals surface area contributed by atoms with E-state index in [2.05, 4.69) is 5.10 Å². The van der Waals surface area contributed by atoms with Gasteiger partial charge in [-0.25, -0.2) is 4.68 Å². The summed E-state index contributed by atoms with van der Waals surface area (Å²) in [5.74, 6) is -0.807. The van der Waals surface area contributed by atoms with Crippen molar-refractivity contribution in [3.05, 3.63) is 46.2 Å². The monoisotopic (exact) mass is 335 g/mol. The second-order valence-electron chi connectivity index (χ2n) is 5.64. The number of rotatable bonds is 7. The van der Waals surface area contributed by atoms with Crippen LogP contribution in [0.2, 0.25) is 5.02 Å². The van der Waals surface area contributed by atoms with Crippen LogP contribution in [0.1, 0.15) is 30.3 Å². The second kappa shape index (κ2) is 7.62. The predicted molar refractivity (Wildman–Crippen MR) is 91.3 cm³/mol. The lowest BCUT2D eigenvalue weighted by atomic mass is 10.1. The Morgan fingerprint density at radius 1 is 1.30 bits per heavy atom. The van der Waals surface area contributed by atoms with Gasteiger partial charge < -0.3 is 5.11 Å². The molecule has 1 aromatic carbocycles. The number of benzene rings is 1. The Labute approximate surface area is 141 Å². The summed E-state index contributed by atoms with van der Waals surface area (Å²) in [5.41, 5.74) is 3.97. The van der Waals surface area contributed by atoms with Crippen molar-refractivity contribution in [2.24, 2.45) is 0 Å². The van der Waals surface area contributed by atoms with Crippen molar-refractivity contribution in [3.63, 3.8) is 0 Å². The molecule has 0 saturated carbocycles. The molecule has 1 N–H and O–H groups in total. The van der Waals surface area contributed by atoms with E-state index in [4.69, 9.17) is 16.7 Å². The Balaban J connectivity index is 2.29. The fourth-order valence-corrected chi connectivity index (χ4v) is 2.81. The summed E-state index contributed by atoms with van der Waals surface area (Å²) in [6, 6.07) is 7.51. The van der Waals surface area contributed by atoms with E-state index in [-0.39, 0.29) is 6.54 Å². The Kier molecular flexibility index (Phi) is 5.80. The Hall–Kier alpha value is -1.85. The first-order valence-corrected chi connectivity index (χ1v) is 8.05. The molecule has 2 rings (SSSR count). The first-order chi connectivity index (χ1) is 10.9. The third kappa shape index (κ3) is 4.33. The number of hydrogen-bond acceptors (Lipinski definition) is 3. The minimum Gasteiger partial charge on any atom is -0.480 e. The van der Waals surface area contributed by atoms with E-state index in [0.29, 0.717) is 11.6 Å². The fraction of sp³-hybridized carbons (Fsp3) is 0.412. The normalized spacial score (nSPS) is 11.2. The maximum absolute atomic E-state index is 11.0. The lowest BCUT2D eigenvalue weighted by molar-refractivity contribution is -0.138. The maximum Gasteiger partial charge on any atom is 0.317 e. The van der Waals surface area contributed by atoms with Crippen molar-refractivity contribution in [2.75, 3.05) is 13.1 Å². The lowest BCUT2D eigenvalue weighted by Gasteiger charge is -2.19. The second-order valence-corrected chi connectivity index (χ2v) is 6.08. The summed E-state index contributed by atoms with van der Waals surface area (Å²) in [6.45, 7) is 7.39. The molecular weight excluding hydrogens is 314 g/mol. The number of carboxylic acids is 1. The minimum atomic E-state index is -0.807. The van der Waals surface area contributed by atoms with E-state index < -0.39 is 5.97 Å². The summed E-state index contributed by atoms with van der Waals surface area (Å²) >= 11 is 5.94. The van der Waals surface area contributed by atoms with Gasteiger partial charge in [0.05, 0.1) is 17.9 Å². The Bertz CT molecular complexity index is 680. The van der Waals surface area contributed by atoms with Crippen molar-refractivity contribution in [3.8, 4) is 5.69 Å². The van der Waals surface area contributed by atoms with Crippen LogP contribution in [0, 0.1) is 13.8 Å². The maximum atomic E-state index is 11.0. The molecular formula is C17H22ClN3O2. The fourth-order valence-electron chi connectivity index (χ4n) is 2.68. The Morgan fingerprint density at radius 3 is 2.52 bits per heavy atom. The molecule has 0 saturated heterocycles. The number of carbonyl (C=O) groups is 1. The molecule has 1 heterocycles. The zero-order valence-electron chi connectivity index (χ0n) is 13.7. The quantitative estimate of drug-likeness (QED) is 0.842. The van der Waals surface area contributed by atoms with Crippen molar-refractivity contribution in [1.29, 1.82) is 0 Å². The molecule has 124 valence electrons. The number of aryl methyl sites for hydroxylation is 1. The van der Waals surface area contributed by atoms with Crippen LogP contribution >= 0.6 is 11.6 Å². The van der Waals surface area contributed by atoms with Crippen LogP contribution in [0.4, 0.5) is 0 Å². The van der Waals surface area contributed by atoms with Crippen molar-refractivity contribution in [1.82, 2.24) is 14.7 Å². The van der Waals surface area contributed by atoms with E-state index >= 15 is 0 Å². The third-order valence-corrected chi connectivity index (χ3v) is 4.04. The van der Waals surface area contributed by atoms with Gasteiger partial charge in [0.25, 0.3) is 0 Å². The van der Waals surface area contributed by atoms with Crippen molar-refractivity contribution >= 4 is 17.6 Å². The first-order valence-electron chi connectivity index (χ1n) is 7.67. The molecule has 0 unspecified atom stereocenters. The van der Waals surface area contributed by atoms with Gasteiger partial charge in [-0.1, -0.05) is 18.5 Å². The molecule has 0 spiro atoms. The third-order valence-electron chi connectivity index (χ3n) is 3.79. The minimum absolute atomic E-state index is 0.0405. The van der Waals surface area contributed by atoms with Gasteiger partial charge in [-0.15, -0.1) is 0 Å². The highest BCUT2D eigenvalue weighted by Gasteiger charge is 2.17. The molecule has 0 aliphatic heterocycles. The zero-order valence-corrected chi connectivity index (χ0v) is 14.5. The average Bonchev–Trinajstić information content (AvgIpc) is 2.76. The van der Waals surface area contributed by atoms with E-state index in [1.165, 1.54) is 0 Å². The number of hydrogen-bond donors (Lipinski definition) is 1. The van der Waals surface area contributed by atoms with Gasteiger partial charge in [0.2, 0.25) is 0 Å². The number of halogens is 1. The smallest absolute Gasteiger partial charge is 0.317 e. The molecule has 0 amide bonds. The van der Waals surface area contributed by atoms with Gasteiger partial charge in [0.1, 0.15) is 0 Å². The highest BCUT2D eigenvalue weighted by atomic mass is 35.5. The van der Waals surface area contributed by atoms with Crippen molar-refractivity contribution < 1.29 is 9.90 Å². The molecule has 0 aliphatic rings. The van der Waals surface area contributed by atoms with Crippen LogP contribution in [-0.4, -0.2) is 38.8 Å². The number of aromatic nitrogens is 2. The summed E-state index contributed by atoms with van der Waals surface area (Å²) in [6.07, 6.45) is 0.913. The van der Waals surface area contributed by atoms with Crippen LogP contribution in [0.25, 0.3) is 5.69 Å². The van der Waals surface area contributed by atoms with Gasteiger partial charge in [0, 0.05) is 22.8 Å². The van der Waals surface area contributed by atoms with Crippen molar-refractivity contribution in [2.45, 2.75) is 33.7 Å². The molecule has 1 aromatic heterocycles. The van der Waals surface area contributed by atoms with Gasteiger partial charge in [-0.3, -0.25) is 9.69 Å². The molecule has 2 aromatic rings. The Morgan fingerprint density at radius 2 is 1.96 bits per heavy atom. The van der Waals surface area contributed by atoms with Gasteiger partial charge in [-0.2, -0.15) is 5.10 Å². The van der Waals surface area contributed by atoms with E-state index in [0.717, 1.165) is 35.6 Å². The average molecular weight is 336 g/mol. The molecule has 0 aliphatic carbocycles. The molecule has 6 heteroatoms. The van der Waals surface area contributed by atoms with Gasteiger partial charge >= 0.3 is 5.97 Å². The largest absolute Gasteiger partial charge is 0.480 e. The van der Waals surface area contributed by atoms with E-state index in [9.17, 15) is 4.79 Å². The molecule has 0 radical (unpaired) electrons. The van der Waals surface area contributed by atoms with Crippen LogP contribution < -0.4 is 0 Å². The zero-order chi connectivity index (χ0) is 17.0. The predicted octanol–water partition coefficient (Wildman–Crippen LogP) is 3.44. The summed E-state index contributed by atoms with van der Waals surface area (Å²) < 4.78 is 1.88. The highest BCUT2D eigenvalue weighted by molar-refractivity contribution is 6.30. The van der Waals surface area contributed by atoms with E-state index in [1.807, 2.05) is 54.6 Å². The molecule has 0 atom stereocenters. The summed E-state index contributed by atoms with van der Waals surface area (Å²) in [4.78, 5) is 13.0. The van der Waals surface area contributed by atoms with Crippen LogP contribution in [0.15, 0.2) is 24.3 Å². The number of carboxylic acid groups (broad SMARTS) is 1. The van der Waals surface area contributed by atoms with Crippen LogP contribution in [0.5, 0.6) is 0 Å². The number of nitrogens with zero attached hydrogens (tertiary/aromatic N) is 3. The summed E-state index contributed by atoms with van der Waals surface area (Å²) in [7, 11) is 0. The molecule has 0 bridgehead atoms. The topological polar surface area (TPSA) is 58.4 Å². The van der Waals surface area contributed by atoms with Crippen LogP contribution in [-0.2, 0) is 11.3 Å². The van der Waals surface area contributed by atoms with Crippen LogP contribution in [0.3, 0.4) is 0 Å². The molecule has 23 heavy (non-hydrogen) atoms. The molecule has 0 fully saturated rings. The van der Waals surface area contributed by atoms with Gasteiger partial charge in [-0.05, 0) is 51.1 Å². The highest BCUT2D eigenvalue weighted by Crippen LogP contribution is 2.21. The SMILES string of the molecule is CCCN(CC(=O)O)Cc1c(C)nn(-c2ccc(Cl)cc2)c1C. The van der Waals surface area contributed by atoms with Gasteiger partial charge in [0.15, 0.2) is 0 Å². The summed E-state index contributed by atoms with van der Waals surface area (Å²) in [5, 5.41) is 14.3.